The van der Waals surface area contributed by atoms with E-state index >= 15 is 0 Å². The largest absolute Gasteiger partial charge is 0.361 e. The summed E-state index contributed by atoms with van der Waals surface area (Å²) in [7, 11) is 0. The summed E-state index contributed by atoms with van der Waals surface area (Å²) in [5.74, 6) is 0. The van der Waals surface area contributed by atoms with Crippen LogP contribution in [-0.2, 0) is 10.3 Å². The van der Waals surface area contributed by atoms with E-state index in [1.165, 1.54) is 0 Å². The molecule has 0 fully saturated rings. The minimum Gasteiger partial charge on any atom is -0.361 e. The van der Waals surface area contributed by atoms with Gasteiger partial charge >= 0.3 is 0 Å². The number of unbranched alkanes of at least 4 members (excludes halogenated alkanes) is 3. The quantitative estimate of drug-likeness (QED) is 0.107. The van der Waals surface area contributed by atoms with Crippen LogP contribution in [0.25, 0.3) is 0 Å². The molecule has 0 saturated carbocycles. The van der Waals surface area contributed by atoms with Gasteiger partial charge < -0.3 is 4.74 Å². The van der Waals surface area contributed by atoms with E-state index in [1.54, 1.807) is 0 Å². The number of hydrogen-bond acceptors (Lipinski definition) is 1. The Bertz CT molecular complexity index is 859. The highest BCUT2D eigenvalue weighted by atomic mass is 80.0. The molecule has 0 aliphatic carbocycles. The maximum atomic E-state index is 6.85. The summed E-state index contributed by atoms with van der Waals surface area (Å²) in [5.41, 5.74) is 2.81. The van der Waals surface area contributed by atoms with Crippen molar-refractivity contribution in [1.29, 1.82) is 0 Å². The zero-order valence-corrected chi connectivity index (χ0v) is 26.1. The molecular formula is C27H27Br5O. The topological polar surface area (TPSA) is 9.23 Å². The van der Waals surface area contributed by atoms with Gasteiger partial charge in [0.2, 0.25) is 0 Å². The first-order valence-electron chi connectivity index (χ1n) is 11.0. The maximum Gasteiger partial charge on any atom is 0.159 e. The lowest BCUT2D eigenvalue weighted by Crippen LogP contribution is -2.33. The lowest BCUT2D eigenvalue weighted by molar-refractivity contribution is 0.0106. The van der Waals surface area contributed by atoms with Crippen molar-refractivity contribution in [2.45, 2.75) is 43.1 Å². The van der Waals surface area contributed by atoms with Crippen LogP contribution in [0.3, 0.4) is 0 Å². The lowest BCUT2D eigenvalue weighted by Gasteiger charge is -2.36. The van der Waals surface area contributed by atoms with Crippen LogP contribution in [-0.4, -0.2) is 12.0 Å². The first-order valence-corrected chi connectivity index (χ1v) is 15.0. The fourth-order valence-corrected chi connectivity index (χ4v) is 5.09. The summed E-state index contributed by atoms with van der Waals surface area (Å²) in [6.45, 7) is 0.686. The molecule has 3 rings (SSSR count). The predicted octanol–water partition coefficient (Wildman–Crippen LogP) is 10.3. The lowest BCUT2D eigenvalue weighted by atomic mass is 9.80. The Balaban J connectivity index is 1.73. The first kappa shape index (κ1) is 27.6. The molecule has 0 atom stereocenters. The Hall–Kier alpha value is 0.0200. The molecule has 0 spiro atoms. The Labute approximate surface area is 239 Å². The Morgan fingerprint density at radius 2 is 0.909 bits per heavy atom. The number of ether oxygens (including phenoxy) is 1. The molecule has 0 unspecified atom stereocenters. The van der Waals surface area contributed by atoms with Crippen LogP contribution in [0.4, 0.5) is 0 Å². The average Bonchev–Trinajstić information content (AvgIpc) is 2.82. The second-order valence-corrected chi connectivity index (χ2v) is 18.5. The standard InChI is InChI=1S/C27H27Br5O/c28-25(29,27(30,31)32)20-12-1-2-13-21-33-26(22-14-6-3-7-15-22,23-16-8-4-9-17-23)24-18-10-5-11-19-24/h3-11,14-19H,1-2,12-13,20-21H2. The Morgan fingerprint density at radius 3 is 1.30 bits per heavy atom. The molecule has 0 saturated heterocycles. The van der Waals surface area contributed by atoms with Crippen LogP contribution in [0.1, 0.15) is 48.8 Å². The van der Waals surface area contributed by atoms with Gasteiger partial charge in [0.25, 0.3) is 0 Å². The molecule has 0 bridgehead atoms. The molecule has 0 heterocycles. The highest BCUT2D eigenvalue weighted by Gasteiger charge is 2.42. The van der Waals surface area contributed by atoms with E-state index in [4.69, 9.17) is 4.74 Å². The van der Waals surface area contributed by atoms with E-state index in [-0.39, 0.29) is 5.38 Å². The molecule has 0 aliphatic heterocycles. The minimum absolute atomic E-state index is 0.257. The van der Waals surface area contributed by atoms with Crippen molar-refractivity contribution in [3.63, 3.8) is 0 Å². The van der Waals surface area contributed by atoms with Crippen molar-refractivity contribution < 1.29 is 4.74 Å². The van der Waals surface area contributed by atoms with Gasteiger partial charge in [0, 0.05) is 6.61 Å². The molecule has 176 valence electrons. The summed E-state index contributed by atoms with van der Waals surface area (Å²) in [4.78, 5) is 0. The van der Waals surface area contributed by atoms with Gasteiger partial charge in [-0.05, 0) is 29.5 Å². The molecule has 6 heteroatoms. The molecule has 1 nitrogen and oxygen atoms in total. The van der Waals surface area contributed by atoms with Crippen molar-refractivity contribution in [2.75, 3.05) is 6.61 Å². The van der Waals surface area contributed by atoms with Crippen LogP contribution >= 0.6 is 79.6 Å². The normalized spacial score (nSPS) is 12.6. The number of alkyl halides is 5. The molecule has 3 aromatic rings. The number of benzene rings is 3. The molecule has 0 amide bonds. The smallest absolute Gasteiger partial charge is 0.159 e. The third kappa shape index (κ3) is 7.27. The molecule has 0 aromatic heterocycles. The van der Waals surface area contributed by atoms with Crippen LogP contribution in [0.5, 0.6) is 0 Å². The highest BCUT2D eigenvalue weighted by Crippen LogP contribution is 2.55. The van der Waals surface area contributed by atoms with E-state index < -0.39 is 5.60 Å². The molecular weight excluding hydrogens is 740 g/mol. The van der Waals surface area contributed by atoms with Crippen molar-refractivity contribution >= 4 is 79.6 Å². The molecule has 0 N–H and O–H groups in total. The summed E-state index contributed by atoms with van der Waals surface area (Å²) < 4.78 is 6.21. The first-order chi connectivity index (χ1) is 15.8. The van der Waals surface area contributed by atoms with E-state index in [0.717, 1.165) is 48.8 Å². The summed E-state index contributed by atoms with van der Waals surface area (Å²) in [5, 5.41) is 0. The summed E-state index contributed by atoms with van der Waals surface area (Å²) >= 11 is 18.3. The van der Waals surface area contributed by atoms with Gasteiger partial charge in [-0.2, -0.15) is 0 Å². The van der Waals surface area contributed by atoms with Crippen molar-refractivity contribution in [3.8, 4) is 0 Å². The number of rotatable bonds is 11. The second kappa shape index (κ2) is 12.8. The molecule has 33 heavy (non-hydrogen) atoms. The van der Waals surface area contributed by atoms with Crippen molar-refractivity contribution in [1.82, 2.24) is 0 Å². The van der Waals surface area contributed by atoms with E-state index in [2.05, 4.69) is 171 Å². The maximum absolute atomic E-state index is 6.85. The van der Waals surface area contributed by atoms with Crippen molar-refractivity contribution in [3.05, 3.63) is 108 Å². The van der Waals surface area contributed by atoms with Gasteiger partial charge in [0.05, 0.1) is 0 Å². The fraction of sp³-hybridized carbons (Fsp3) is 0.333. The summed E-state index contributed by atoms with van der Waals surface area (Å²) in [6, 6.07) is 31.7. The second-order valence-electron chi connectivity index (χ2n) is 7.99. The third-order valence-electron chi connectivity index (χ3n) is 5.66. The van der Waals surface area contributed by atoms with Gasteiger partial charge in [0.1, 0.15) is 8.83 Å². The van der Waals surface area contributed by atoms with Gasteiger partial charge in [-0.3, -0.25) is 0 Å². The van der Waals surface area contributed by atoms with E-state index in [1.807, 2.05) is 0 Å². The minimum atomic E-state index is -0.633. The molecule has 3 aromatic carbocycles. The monoisotopic (exact) mass is 762 g/mol. The van der Waals surface area contributed by atoms with E-state index in [9.17, 15) is 0 Å². The predicted molar refractivity (Wildman–Crippen MR) is 158 cm³/mol. The van der Waals surface area contributed by atoms with Crippen LogP contribution in [0, 0.1) is 0 Å². The third-order valence-corrected chi connectivity index (χ3v) is 12.9. The van der Waals surface area contributed by atoms with Gasteiger partial charge in [-0.1, -0.05) is 190 Å². The van der Waals surface area contributed by atoms with Gasteiger partial charge in [-0.15, -0.1) is 0 Å². The van der Waals surface area contributed by atoms with Crippen LogP contribution < -0.4 is 0 Å². The molecule has 0 radical (unpaired) electrons. The SMILES string of the molecule is BrC(Br)(Br)C(Br)(Br)CCCCCCOC(c1ccccc1)(c1ccccc1)c1ccccc1. The van der Waals surface area contributed by atoms with Gasteiger partial charge in [-0.25, -0.2) is 0 Å². The van der Waals surface area contributed by atoms with Gasteiger partial charge in [0.15, 0.2) is 2.14 Å². The number of hydrogen-bond donors (Lipinski definition) is 0. The van der Waals surface area contributed by atoms with Crippen molar-refractivity contribution in [2.24, 2.45) is 0 Å². The summed E-state index contributed by atoms with van der Waals surface area (Å²) in [6.07, 6.45) is 5.33. The Morgan fingerprint density at radius 1 is 0.515 bits per heavy atom. The zero-order valence-electron chi connectivity index (χ0n) is 18.2. The average molecular weight is 767 g/mol. The Kier molecular flexibility index (Phi) is 10.7. The van der Waals surface area contributed by atoms with E-state index in [0.29, 0.717) is 6.61 Å². The molecule has 0 aliphatic rings. The van der Waals surface area contributed by atoms with Crippen LogP contribution in [0.15, 0.2) is 91.0 Å². The highest BCUT2D eigenvalue weighted by molar-refractivity contribution is 9.41. The number of halogens is 5. The fourth-order valence-electron chi connectivity index (χ4n) is 3.94. The zero-order chi connectivity index (χ0) is 23.8. The van der Waals surface area contributed by atoms with Crippen LogP contribution in [0.2, 0.25) is 0 Å².